The number of rotatable bonds is 8. The Labute approximate surface area is 155 Å². The molecule has 0 aliphatic carbocycles. The Morgan fingerprint density at radius 2 is 2.12 bits per heavy atom. The van der Waals surface area contributed by atoms with E-state index in [-0.39, 0.29) is 0 Å². The first-order valence-electron chi connectivity index (χ1n) is 9.39. The number of quaternary nitrogens is 1. The third kappa shape index (κ3) is 4.76. The van der Waals surface area contributed by atoms with Gasteiger partial charge in [0.15, 0.2) is 0 Å². The Balaban J connectivity index is 1.63. The maximum atomic E-state index is 11.1. The maximum Gasteiger partial charge on any atom is 0.415 e. The fourth-order valence-corrected chi connectivity index (χ4v) is 3.40. The van der Waals surface area contributed by atoms with Gasteiger partial charge >= 0.3 is 6.03 Å². The van der Waals surface area contributed by atoms with Gasteiger partial charge in [-0.1, -0.05) is 31.9 Å². The Morgan fingerprint density at radius 3 is 2.92 bits per heavy atom. The van der Waals surface area contributed by atoms with Crippen molar-refractivity contribution in [2.75, 3.05) is 18.1 Å². The maximum absolute atomic E-state index is 11.1. The van der Waals surface area contributed by atoms with Crippen LogP contribution in [0.1, 0.15) is 37.3 Å². The summed E-state index contributed by atoms with van der Waals surface area (Å²) in [6.45, 7) is 4.82. The highest BCUT2D eigenvalue weighted by atomic mass is 16.5. The quantitative estimate of drug-likeness (QED) is 0.565. The summed E-state index contributed by atoms with van der Waals surface area (Å²) in [5, 5.41) is 1.47. The summed E-state index contributed by atoms with van der Waals surface area (Å²) in [7, 11) is 0. The van der Waals surface area contributed by atoms with Crippen molar-refractivity contribution < 1.29 is 14.8 Å². The normalized spacial score (nSPS) is 12.9. The van der Waals surface area contributed by atoms with Gasteiger partial charge in [0.2, 0.25) is 0 Å². The molecule has 0 bridgehead atoms. The van der Waals surface area contributed by atoms with Gasteiger partial charge in [0.25, 0.3) is 0 Å². The number of unbranched alkanes of at least 4 members (excludes halogenated alkanes) is 2. The fraction of sp³-hybridized carbons (Fsp3) is 0.381. The Hall–Kier alpha value is -2.53. The third-order valence-corrected chi connectivity index (χ3v) is 4.69. The number of carbonyl (C=O) groups is 1. The van der Waals surface area contributed by atoms with Gasteiger partial charge in [-0.15, -0.1) is 0 Å². The van der Waals surface area contributed by atoms with Gasteiger partial charge < -0.3 is 15.4 Å². The molecule has 2 amide bonds. The van der Waals surface area contributed by atoms with Gasteiger partial charge in [0.05, 0.1) is 6.61 Å². The van der Waals surface area contributed by atoms with E-state index in [9.17, 15) is 4.79 Å². The van der Waals surface area contributed by atoms with Crippen LogP contribution >= 0.6 is 0 Å². The molecule has 0 unspecified atom stereocenters. The summed E-state index contributed by atoms with van der Waals surface area (Å²) in [5.74, 6) is 0.949. The van der Waals surface area contributed by atoms with E-state index in [1.54, 1.807) is 0 Å². The van der Waals surface area contributed by atoms with Crippen LogP contribution in [0.3, 0.4) is 0 Å². The van der Waals surface area contributed by atoms with Crippen LogP contribution in [0.15, 0.2) is 42.5 Å². The molecule has 3 rings (SSSR count). The molecule has 5 nitrogen and oxygen atoms in total. The SMILES string of the molecule is CCCCCOc1cccc(CN2CCc3cc([NH2+]C(N)=O)ccc32)c1. The number of carbonyl (C=O) groups excluding carboxylic acids is 1. The number of nitrogens with two attached hydrogens (primary N) is 2. The van der Waals surface area contributed by atoms with E-state index in [1.165, 1.54) is 35.0 Å². The molecule has 2 aromatic carbocycles. The molecule has 0 saturated heterocycles. The zero-order chi connectivity index (χ0) is 18.4. The second-order valence-electron chi connectivity index (χ2n) is 6.81. The molecule has 138 valence electrons. The minimum Gasteiger partial charge on any atom is -0.494 e. The number of nitrogens with zero attached hydrogens (tertiary/aromatic N) is 1. The zero-order valence-electron chi connectivity index (χ0n) is 15.4. The lowest BCUT2D eigenvalue weighted by molar-refractivity contribution is -0.461. The summed E-state index contributed by atoms with van der Waals surface area (Å²) in [6.07, 6.45) is 4.50. The van der Waals surface area contributed by atoms with E-state index in [0.717, 1.165) is 44.0 Å². The van der Waals surface area contributed by atoms with E-state index in [2.05, 4.69) is 42.2 Å². The average molecular weight is 354 g/mol. The molecule has 4 N–H and O–H groups in total. The third-order valence-electron chi connectivity index (χ3n) is 4.69. The number of fused-ring (bicyclic) bond motifs is 1. The number of benzene rings is 2. The summed E-state index contributed by atoms with van der Waals surface area (Å²) < 4.78 is 5.87. The second-order valence-corrected chi connectivity index (χ2v) is 6.81. The van der Waals surface area contributed by atoms with Crippen LogP contribution in [-0.4, -0.2) is 19.2 Å². The number of hydrogen-bond donors (Lipinski definition) is 2. The van der Waals surface area contributed by atoms with E-state index < -0.39 is 6.03 Å². The molecular formula is C21H28N3O2+. The van der Waals surface area contributed by atoms with Crippen LogP contribution < -0.4 is 20.7 Å². The smallest absolute Gasteiger partial charge is 0.415 e. The molecule has 0 aromatic heterocycles. The average Bonchev–Trinajstić information content (AvgIpc) is 3.01. The summed E-state index contributed by atoms with van der Waals surface area (Å²) in [4.78, 5) is 13.4. The van der Waals surface area contributed by atoms with Crippen LogP contribution in [-0.2, 0) is 13.0 Å². The number of anilines is 1. The Kier molecular flexibility index (Phi) is 6.12. The monoisotopic (exact) mass is 354 g/mol. The van der Waals surface area contributed by atoms with Crippen molar-refractivity contribution in [2.45, 2.75) is 39.2 Å². The van der Waals surface area contributed by atoms with Crippen molar-refractivity contribution in [3.63, 3.8) is 0 Å². The highest BCUT2D eigenvalue weighted by Gasteiger charge is 2.20. The number of ether oxygens (including phenoxy) is 1. The Bertz CT molecular complexity index is 761. The second kappa shape index (κ2) is 8.72. The minimum absolute atomic E-state index is 0.407. The first kappa shape index (κ1) is 18.3. The molecular weight excluding hydrogens is 326 g/mol. The van der Waals surface area contributed by atoms with Gasteiger partial charge in [-0.05, 0) is 42.2 Å². The Morgan fingerprint density at radius 1 is 1.23 bits per heavy atom. The van der Waals surface area contributed by atoms with Gasteiger partial charge in [-0.2, -0.15) is 0 Å². The predicted octanol–water partition coefficient (Wildman–Crippen LogP) is 3.09. The van der Waals surface area contributed by atoms with E-state index >= 15 is 0 Å². The molecule has 0 fully saturated rings. The number of primary amides is 2. The van der Waals surface area contributed by atoms with Crippen LogP contribution in [0.5, 0.6) is 5.75 Å². The minimum atomic E-state index is -0.407. The lowest BCUT2D eigenvalue weighted by Crippen LogP contribution is -2.84. The first-order valence-corrected chi connectivity index (χ1v) is 9.39. The number of urea groups is 1. The fourth-order valence-electron chi connectivity index (χ4n) is 3.40. The molecule has 5 heteroatoms. The van der Waals surface area contributed by atoms with Crippen LogP contribution in [0.25, 0.3) is 0 Å². The van der Waals surface area contributed by atoms with Gasteiger partial charge in [0, 0.05) is 30.9 Å². The van der Waals surface area contributed by atoms with E-state index in [1.807, 2.05) is 12.1 Å². The van der Waals surface area contributed by atoms with Crippen molar-refractivity contribution >= 4 is 17.4 Å². The molecule has 0 spiro atoms. The van der Waals surface area contributed by atoms with Gasteiger partial charge in [-0.25, -0.2) is 10.1 Å². The molecule has 0 atom stereocenters. The predicted molar refractivity (Wildman–Crippen MR) is 104 cm³/mol. The molecule has 0 radical (unpaired) electrons. The van der Waals surface area contributed by atoms with Crippen LogP contribution in [0, 0.1) is 0 Å². The van der Waals surface area contributed by atoms with Gasteiger partial charge in [-0.3, -0.25) is 0 Å². The lowest BCUT2D eigenvalue weighted by Gasteiger charge is -2.20. The number of amides is 2. The molecule has 2 aromatic rings. The molecule has 1 aliphatic heterocycles. The standard InChI is InChI=1S/C21H27N3O2/c1-2-3-4-12-26-19-7-5-6-16(13-19)15-24-11-10-17-14-18(23-21(22)25)8-9-20(17)24/h5-9,13-14H,2-4,10-12,15H2,1H3,(H3,22,23,25)/p+1. The van der Waals surface area contributed by atoms with Gasteiger partial charge in [0.1, 0.15) is 11.4 Å². The molecule has 26 heavy (non-hydrogen) atoms. The van der Waals surface area contributed by atoms with Crippen LogP contribution in [0.2, 0.25) is 0 Å². The first-order chi connectivity index (χ1) is 12.7. The van der Waals surface area contributed by atoms with Crippen molar-refractivity contribution in [1.29, 1.82) is 0 Å². The topological polar surface area (TPSA) is 72.2 Å². The molecule has 1 aliphatic rings. The summed E-state index contributed by atoms with van der Waals surface area (Å²) >= 11 is 0. The lowest BCUT2D eigenvalue weighted by atomic mass is 10.1. The molecule has 1 heterocycles. The van der Waals surface area contributed by atoms with Crippen molar-refractivity contribution in [1.82, 2.24) is 0 Å². The van der Waals surface area contributed by atoms with Crippen molar-refractivity contribution in [3.8, 4) is 5.75 Å². The number of hydrogen-bond acceptors (Lipinski definition) is 3. The summed E-state index contributed by atoms with van der Waals surface area (Å²) in [5.41, 5.74) is 9.88. The van der Waals surface area contributed by atoms with Crippen molar-refractivity contribution in [2.24, 2.45) is 5.73 Å². The van der Waals surface area contributed by atoms with E-state index in [4.69, 9.17) is 10.5 Å². The highest BCUT2D eigenvalue weighted by molar-refractivity contribution is 5.66. The van der Waals surface area contributed by atoms with E-state index in [0.29, 0.717) is 0 Å². The van der Waals surface area contributed by atoms with Crippen LogP contribution in [0.4, 0.5) is 16.2 Å². The largest absolute Gasteiger partial charge is 0.494 e. The van der Waals surface area contributed by atoms with Crippen molar-refractivity contribution in [3.05, 3.63) is 53.6 Å². The summed E-state index contributed by atoms with van der Waals surface area (Å²) in [6, 6.07) is 14.1. The molecule has 0 saturated carbocycles. The zero-order valence-corrected chi connectivity index (χ0v) is 15.4. The highest BCUT2D eigenvalue weighted by Crippen LogP contribution is 2.31.